The standard InChI is InChI=1S/C16H13BrO2/c17-15-9-3-1-7-14(15)12-19-16-10-4-2-6-13(16)8-5-11-18/h1-11H,12H2. The van der Waals surface area contributed by atoms with E-state index in [2.05, 4.69) is 15.9 Å². The molecule has 96 valence electrons. The third-order valence-corrected chi connectivity index (χ3v) is 3.39. The minimum Gasteiger partial charge on any atom is -0.488 e. The smallest absolute Gasteiger partial charge is 0.142 e. The van der Waals surface area contributed by atoms with E-state index in [0.29, 0.717) is 6.61 Å². The first-order chi connectivity index (χ1) is 9.31. The van der Waals surface area contributed by atoms with Gasteiger partial charge in [-0.25, -0.2) is 0 Å². The third-order valence-electron chi connectivity index (χ3n) is 2.61. The number of hydrogen-bond donors (Lipinski definition) is 0. The Bertz CT molecular complexity index is 591. The van der Waals surface area contributed by atoms with E-state index >= 15 is 0 Å². The second-order valence-electron chi connectivity index (χ2n) is 3.91. The first-order valence-corrected chi connectivity index (χ1v) is 6.67. The van der Waals surface area contributed by atoms with Crippen molar-refractivity contribution in [3.8, 4) is 5.75 Å². The summed E-state index contributed by atoms with van der Waals surface area (Å²) in [6, 6.07) is 15.6. The summed E-state index contributed by atoms with van der Waals surface area (Å²) in [5.74, 6) is 0.761. The lowest BCUT2D eigenvalue weighted by molar-refractivity contribution is -0.104. The predicted molar refractivity (Wildman–Crippen MR) is 80.0 cm³/mol. The van der Waals surface area contributed by atoms with Crippen LogP contribution < -0.4 is 4.74 Å². The van der Waals surface area contributed by atoms with Gasteiger partial charge in [-0.2, -0.15) is 0 Å². The zero-order valence-corrected chi connectivity index (χ0v) is 11.8. The van der Waals surface area contributed by atoms with E-state index in [4.69, 9.17) is 4.74 Å². The molecule has 0 aliphatic heterocycles. The van der Waals surface area contributed by atoms with E-state index in [-0.39, 0.29) is 0 Å². The van der Waals surface area contributed by atoms with Crippen LogP contribution in [0.5, 0.6) is 5.75 Å². The molecular weight excluding hydrogens is 304 g/mol. The lowest BCUT2D eigenvalue weighted by atomic mass is 10.2. The molecule has 2 rings (SSSR count). The first kappa shape index (κ1) is 13.6. The molecule has 0 N–H and O–H groups in total. The molecule has 0 bridgehead atoms. The van der Waals surface area contributed by atoms with Gasteiger partial charge in [0.2, 0.25) is 0 Å². The summed E-state index contributed by atoms with van der Waals surface area (Å²) < 4.78 is 6.83. The van der Waals surface area contributed by atoms with Gasteiger partial charge in [-0.1, -0.05) is 52.3 Å². The normalized spacial score (nSPS) is 10.6. The molecule has 0 aliphatic carbocycles. The highest BCUT2D eigenvalue weighted by molar-refractivity contribution is 9.10. The van der Waals surface area contributed by atoms with Crippen LogP contribution in [-0.4, -0.2) is 6.29 Å². The fourth-order valence-corrected chi connectivity index (χ4v) is 2.06. The summed E-state index contributed by atoms with van der Waals surface area (Å²) in [4.78, 5) is 10.4. The summed E-state index contributed by atoms with van der Waals surface area (Å²) in [6.07, 6.45) is 3.95. The van der Waals surface area contributed by atoms with Crippen molar-refractivity contribution < 1.29 is 9.53 Å². The van der Waals surface area contributed by atoms with Gasteiger partial charge in [0.15, 0.2) is 0 Å². The zero-order valence-electron chi connectivity index (χ0n) is 10.3. The van der Waals surface area contributed by atoms with Crippen LogP contribution in [-0.2, 0) is 11.4 Å². The van der Waals surface area contributed by atoms with Crippen LogP contribution >= 0.6 is 15.9 Å². The topological polar surface area (TPSA) is 26.3 Å². The van der Waals surface area contributed by atoms with Gasteiger partial charge < -0.3 is 4.74 Å². The van der Waals surface area contributed by atoms with Crippen LogP contribution in [0.3, 0.4) is 0 Å². The number of ether oxygens (including phenoxy) is 1. The molecule has 3 heteroatoms. The van der Waals surface area contributed by atoms with Crippen LogP contribution in [0.4, 0.5) is 0 Å². The van der Waals surface area contributed by atoms with Crippen LogP contribution in [0.1, 0.15) is 11.1 Å². The molecule has 0 atom stereocenters. The number of aldehydes is 1. The van der Waals surface area contributed by atoms with Gasteiger partial charge in [0.25, 0.3) is 0 Å². The van der Waals surface area contributed by atoms with E-state index in [0.717, 1.165) is 27.6 Å². The number of para-hydroxylation sites is 1. The van der Waals surface area contributed by atoms with Crippen LogP contribution in [0.15, 0.2) is 59.1 Å². The van der Waals surface area contributed by atoms with Crippen molar-refractivity contribution in [2.45, 2.75) is 6.61 Å². The number of benzene rings is 2. The Morgan fingerprint density at radius 2 is 1.79 bits per heavy atom. The Hall–Kier alpha value is -1.87. The molecule has 2 aromatic carbocycles. The first-order valence-electron chi connectivity index (χ1n) is 5.88. The van der Waals surface area contributed by atoms with Gasteiger partial charge in [0.1, 0.15) is 18.6 Å². The molecule has 0 amide bonds. The second kappa shape index (κ2) is 6.90. The molecule has 0 aromatic heterocycles. The van der Waals surface area contributed by atoms with Crippen molar-refractivity contribution in [2.75, 3.05) is 0 Å². The van der Waals surface area contributed by atoms with E-state index in [1.165, 1.54) is 6.08 Å². The minimum atomic E-state index is 0.480. The maximum Gasteiger partial charge on any atom is 0.142 e. The minimum absolute atomic E-state index is 0.480. The van der Waals surface area contributed by atoms with Crippen molar-refractivity contribution >= 4 is 28.3 Å². The van der Waals surface area contributed by atoms with Crippen molar-refractivity contribution in [3.63, 3.8) is 0 Å². The average Bonchev–Trinajstić information content (AvgIpc) is 2.45. The molecule has 0 spiro atoms. The van der Waals surface area contributed by atoms with Gasteiger partial charge in [-0.15, -0.1) is 0 Å². The van der Waals surface area contributed by atoms with Crippen molar-refractivity contribution in [1.82, 2.24) is 0 Å². The third kappa shape index (κ3) is 3.80. The molecular formula is C16H13BrO2. The van der Waals surface area contributed by atoms with Gasteiger partial charge in [0, 0.05) is 15.6 Å². The van der Waals surface area contributed by atoms with E-state index < -0.39 is 0 Å². The Morgan fingerprint density at radius 1 is 1.05 bits per heavy atom. The van der Waals surface area contributed by atoms with Gasteiger partial charge in [-0.3, -0.25) is 4.79 Å². The lowest BCUT2D eigenvalue weighted by Gasteiger charge is -2.10. The van der Waals surface area contributed by atoms with E-state index in [1.807, 2.05) is 48.5 Å². The Balaban J connectivity index is 2.13. The molecule has 0 saturated heterocycles. The predicted octanol–water partition coefficient (Wildman–Crippen LogP) is 4.24. The number of carbonyl (C=O) groups is 1. The molecule has 0 heterocycles. The molecule has 0 unspecified atom stereocenters. The van der Waals surface area contributed by atoms with Crippen molar-refractivity contribution in [1.29, 1.82) is 0 Å². The molecule has 19 heavy (non-hydrogen) atoms. The molecule has 0 saturated carbocycles. The zero-order chi connectivity index (χ0) is 13.5. The highest BCUT2D eigenvalue weighted by Gasteiger charge is 2.02. The SMILES string of the molecule is O=CC=Cc1ccccc1OCc1ccccc1Br. The lowest BCUT2D eigenvalue weighted by Crippen LogP contribution is -1.97. The largest absolute Gasteiger partial charge is 0.488 e. The van der Waals surface area contributed by atoms with Gasteiger partial charge in [-0.05, 0) is 24.3 Å². The molecule has 0 radical (unpaired) electrons. The highest BCUT2D eigenvalue weighted by Crippen LogP contribution is 2.22. The van der Waals surface area contributed by atoms with E-state index in [1.54, 1.807) is 6.08 Å². The van der Waals surface area contributed by atoms with Crippen LogP contribution in [0.2, 0.25) is 0 Å². The van der Waals surface area contributed by atoms with Crippen LogP contribution in [0.25, 0.3) is 6.08 Å². The Morgan fingerprint density at radius 3 is 2.58 bits per heavy atom. The van der Waals surface area contributed by atoms with Crippen LogP contribution in [0, 0.1) is 0 Å². The molecule has 0 fully saturated rings. The number of allylic oxidation sites excluding steroid dienone is 1. The fourth-order valence-electron chi connectivity index (χ4n) is 1.66. The fraction of sp³-hybridized carbons (Fsp3) is 0.0625. The summed E-state index contributed by atoms with van der Waals surface area (Å²) >= 11 is 3.49. The number of halogens is 1. The monoisotopic (exact) mass is 316 g/mol. The number of rotatable bonds is 5. The summed E-state index contributed by atoms with van der Waals surface area (Å²) in [5.41, 5.74) is 1.97. The van der Waals surface area contributed by atoms with Crippen molar-refractivity contribution in [3.05, 3.63) is 70.2 Å². The maximum absolute atomic E-state index is 10.4. The van der Waals surface area contributed by atoms with Gasteiger partial charge in [0.05, 0.1) is 0 Å². The molecule has 2 aromatic rings. The second-order valence-corrected chi connectivity index (χ2v) is 4.77. The average molecular weight is 317 g/mol. The quantitative estimate of drug-likeness (QED) is 0.609. The summed E-state index contributed by atoms with van der Waals surface area (Å²) in [5, 5.41) is 0. The Kier molecular flexibility index (Phi) is 4.93. The van der Waals surface area contributed by atoms with Gasteiger partial charge >= 0.3 is 0 Å². The Labute approximate surface area is 120 Å². The highest BCUT2D eigenvalue weighted by atomic mass is 79.9. The number of carbonyl (C=O) groups excluding carboxylic acids is 1. The number of hydrogen-bond acceptors (Lipinski definition) is 2. The molecule has 0 aliphatic rings. The van der Waals surface area contributed by atoms with Crippen molar-refractivity contribution in [2.24, 2.45) is 0 Å². The molecule has 2 nitrogen and oxygen atoms in total. The summed E-state index contributed by atoms with van der Waals surface area (Å²) in [7, 11) is 0. The maximum atomic E-state index is 10.4. The summed E-state index contributed by atoms with van der Waals surface area (Å²) in [6.45, 7) is 0.480. The van der Waals surface area contributed by atoms with E-state index in [9.17, 15) is 4.79 Å².